The minimum atomic E-state index is 0.613. The Morgan fingerprint density at radius 2 is 1.86 bits per heavy atom. The van der Waals surface area contributed by atoms with Crippen molar-refractivity contribution >= 4 is 45.5 Å². The van der Waals surface area contributed by atoms with E-state index in [1.807, 2.05) is 30.3 Å². The quantitative estimate of drug-likeness (QED) is 0.623. The highest BCUT2D eigenvalue weighted by Gasteiger charge is 2.03. The molecule has 3 aromatic rings. The topological polar surface area (TPSA) is 39.9 Å². The molecule has 0 amide bonds. The van der Waals surface area contributed by atoms with Crippen LogP contribution in [0.5, 0.6) is 0 Å². The van der Waals surface area contributed by atoms with Crippen molar-refractivity contribution in [1.29, 1.82) is 0 Å². The summed E-state index contributed by atoms with van der Waals surface area (Å²) in [5.41, 5.74) is 3.38. The van der Waals surface area contributed by atoms with Gasteiger partial charge in [0.05, 0.1) is 0 Å². The minimum absolute atomic E-state index is 0.613. The second kappa shape index (κ2) is 6.81. The lowest BCUT2D eigenvalue weighted by atomic mass is 10.1. The first kappa shape index (κ1) is 14.9. The average Bonchev–Trinajstić information content (AvgIpc) is 2.93. The van der Waals surface area contributed by atoms with Gasteiger partial charge in [-0.2, -0.15) is 0 Å². The van der Waals surface area contributed by atoms with Gasteiger partial charge in [0, 0.05) is 34.4 Å². The minimum Gasteiger partial charge on any atom is -0.362 e. The number of hydrogen-bond acceptors (Lipinski definition) is 1. The summed E-state index contributed by atoms with van der Waals surface area (Å²) in [5.74, 6) is 0. The fraction of sp³-hybridized carbons (Fsp3) is 0.118. The van der Waals surface area contributed by atoms with Gasteiger partial charge in [-0.15, -0.1) is 0 Å². The van der Waals surface area contributed by atoms with E-state index in [9.17, 15) is 0 Å². The molecular weight excluding hydrogens is 314 g/mol. The second-order valence-electron chi connectivity index (χ2n) is 5.00. The molecule has 112 valence electrons. The maximum atomic E-state index is 5.86. The molecule has 22 heavy (non-hydrogen) atoms. The molecule has 0 aliphatic heterocycles. The monoisotopic (exact) mass is 329 g/mol. The summed E-state index contributed by atoms with van der Waals surface area (Å²) < 4.78 is 0. The molecule has 1 aromatic heterocycles. The Balaban J connectivity index is 1.52. The Hall–Kier alpha value is -2.04. The van der Waals surface area contributed by atoms with Gasteiger partial charge in [-0.05, 0) is 54.5 Å². The molecule has 0 bridgehead atoms. The fourth-order valence-electron chi connectivity index (χ4n) is 2.36. The second-order valence-corrected chi connectivity index (χ2v) is 5.84. The summed E-state index contributed by atoms with van der Waals surface area (Å²) >= 11 is 11.2. The van der Waals surface area contributed by atoms with Crippen LogP contribution in [0.4, 0.5) is 5.69 Å². The number of hydrogen-bond donors (Lipinski definition) is 3. The smallest absolute Gasteiger partial charge is 0.170 e. The number of nitrogens with one attached hydrogen (secondary N) is 3. The van der Waals surface area contributed by atoms with Crippen LogP contribution in [0.1, 0.15) is 5.56 Å². The molecule has 5 heteroatoms. The molecule has 1 heterocycles. The van der Waals surface area contributed by atoms with Crippen LogP contribution in [0.25, 0.3) is 10.9 Å². The Morgan fingerprint density at radius 3 is 2.68 bits per heavy atom. The van der Waals surface area contributed by atoms with Crippen LogP contribution in [0.15, 0.2) is 54.7 Å². The van der Waals surface area contributed by atoms with Gasteiger partial charge in [0.25, 0.3) is 0 Å². The lowest BCUT2D eigenvalue weighted by Crippen LogP contribution is -2.30. The Kier molecular flexibility index (Phi) is 4.61. The SMILES string of the molecule is S=C(NCCc1c[nH]c2ccccc12)Nc1ccc(Cl)cc1. The number of rotatable bonds is 4. The highest BCUT2D eigenvalue weighted by atomic mass is 35.5. The molecule has 0 saturated heterocycles. The van der Waals surface area contributed by atoms with Gasteiger partial charge in [0.2, 0.25) is 0 Å². The van der Waals surface area contributed by atoms with E-state index in [2.05, 4.69) is 40.0 Å². The van der Waals surface area contributed by atoms with E-state index < -0.39 is 0 Å². The summed E-state index contributed by atoms with van der Waals surface area (Å²) in [7, 11) is 0. The fourth-order valence-corrected chi connectivity index (χ4v) is 2.70. The third kappa shape index (κ3) is 3.59. The lowest BCUT2D eigenvalue weighted by molar-refractivity contribution is 0.878. The maximum Gasteiger partial charge on any atom is 0.170 e. The number of fused-ring (bicyclic) bond motifs is 1. The van der Waals surface area contributed by atoms with Gasteiger partial charge in [0.1, 0.15) is 0 Å². The predicted molar refractivity (Wildman–Crippen MR) is 97.7 cm³/mol. The Bertz CT molecular complexity index is 780. The lowest BCUT2D eigenvalue weighted by Gasteiger charge is -2.10. The van der Waals surface area contributed by atoms with E-state index in [1.165, 1.54) is 16.5 Å². The van der Waals surface area contributed by atoms with Crippen molar-refractivity contribution in [2.24, 2.45) is 0 Å². The van der Waals surface area contributed by atoms with Crippen molar-refractivity contribution < 1.29 is 0 Å². The summed E-state index contributed by atoms with van der Waals surface area (Å²) in [6, 6.07) is 15.8. The van der Waals surface area contributed by atoms with Crippen LogP contribution >= 0.6 is 23.8 Å². The van der Waals surface area contributed by atoms with Gasteiger partial charge in [-0.25, -0.2) is 0 Å². The highest BCUT2D eigenvalue weighted by Crippen LogP contribution is 2.17. The molecule has 0 fully saturated rings. The standard InChI is InChI=1S/C17H16ClN3S/c18-13-5-7-14(8-6-13)21-17(22)19-10-9-12-11-20-16-4-2-1-3-15(12)16/h1-8,11,20H,9-10H2,(H2,19,21,22). The number of para-hydroxylation sites is 1. The number of aromatic nitrogens is 1. The third-order valence-electron chi connectivity index (χ3n) is 3.46. The Labute approximate surface area is 139 Å². The Morgan fingerprint density at radius 1 is 1.09 bits per heavy atom. The van der Waals surface area contributed by atoms with Crippen molar-refractivity contribution in [2.45, 2.75) is 6.42 Å². The summed E-state index contributed by atoms with van der Waals surface area (Å²) in [6.07, 6.45) is 2.97. The van der Waals surface area contributed by atoms with E-state index in [1.54, 1.807) is 0 Å². The number of halogens is 1. The summed E-state index contributed by atoms with van der Waals surface area (Å²) in [4.78, 5) is 3.28. The molecule has 0 saturated carbocycles. The van der Waals surface area contributed by atoms with Crippen LogP contribution in [0, 0.1) is 0 Å². The van der Waals surface area contributed by atoms with Crippen LogP contribution in [0.2, 0.25) is 5.02 Å². The number of thiocarbonyl (C=S) groups is 1. The van der Waals surface area contributed by atoms with E-state index in [-0.39, 0.29) is 0 Å². The maximum absolute atomic E-state index is 5.86. The van der Waals surface area contributed by atoms with Crippen molar-refractivity contribution in [3.63, 3.8) is 0 Å². The molecule has 0 atom stereocenters. The van der Waals surface area contributed by atoms with Crippen molar-refractivity contribution in [3.8, 4) is 0 Å². The molecule has 0 aliphatic rings. The molecule has 0 radical (unpaired) electrons. The number of H-pyrrole nitrogens is 1. The molecular formula is C17H16ClN3S. The van der Waals surface area contributed by atoms with Gasteiger partial charge >= 0.3 is 0 Å². The first-order valence-electron chi connectivity index (χ1n) is 7.08. The first-order chi connectivity index (χ1) is 10.7. The van der Waals surface area contributed by atoms with E-state index in [0.29, 0.717) is 10.1 Å². The number of anilines is 1. The van der Waals surface area contributed by atoms with Crippen LogP contribution in [0.3, 0.4) is 0 Å². The van der Waals surface area contributed by atoms with Crippen LogP contribution in [-0.4, -0.2) is 16.6 Å². The summed E-state index contributed by atoms with van der Waals surface area (Å²) in [6.45, 7) is 0.779. The summed E-state index contributed by atoms with van der Waals surface area (Å²) in [5, 5.41) is 8.95. The molecule has 0 unspecified atom stereocenters. The van der Waals surface area contributed by atoms with E-state index in [4.69, 9.17) is 23.8 Å². The van der Waals surface area contributed by atoms with Crippen LogP contribution < -0.4 is 10.6 Å². The predicted octanol–water partition coefficient (Wildman–Crippen LogP) is 4.35. The van der Waals surface area contributed by atoms with Crippen LogP contribution in [-0.2, 0) is 6.42 Å². The molecule has 3 N–H and O–H groups in total. The number of aromatic amines is 1. The zero-order valence-corrected chi connectivity index (χ0v) is 13.5. The zero-order valence-electron chi connectivity index (χ0n) is 11.9. The van der Waals surface area contributed by atoms with Crippen molar-refractivity contribution in [1.82, 2.24) is 10.3 Å². The zero-order chi connectivity index (χ0) is 15.4. The molecule has 3 nitrogen and oxygen atoms in total. The van der Waals surface area contributed by atoms with Gasteiger partial charge < -0.3 is 15.6 Å². The van der Waals surface area contributed by atoms with Gasteiger partial charge in [0.15, 0.2) is 5.11 Å². The van der Waals surface area contributed by atoms with E-state index in [0.717, 1.165) is 18.7 Å². The largest absolute Gasteiger partial charge is 0.362 e. The van der Waals surface area contributed by atoms with Gasteiger partial charge in [-0.3, -0.25) is 0 Å². The highest BCUT2D eigenvalue weighted by molar-refractivity contribution is 7.80. The normalized spacial score (nSPS) is 10.6. The molecule has 0 aliphatic carbocycles. The molecule has 3 rings (SSSR count). The van der Waals surface area contributed by atoms with Crippen molar-refractivity contribution in [2.75, 3.05) is 11.9 Å². The first-order valence-corrected chi connectivity index (χ1v) is 7.86. The third-order valence-corrected chi connectivity index (χ3v) is 3.96. The number of benzene rings is 2. The average molecular weight is 330 g/mol. The van der Waals surface area contributed by atoms with Crippen molar-refractivity contribution in [3.05, 3.63) is 65.3 Å². The molecule has 2 aromatic carbocycles. The molecule has 0 spiro atoms. The van der Waals surface area contributed by atoms with Gasteiger partial charge in [-0.1, -0.05) is 29.8 Å². The van der Waals surface area contributed by atoms with E-state index >= 15 is 0 Å².